The molecule has 1 heterocycles. The Morgan fingerprint density at radius 3 is 2.53 bits per heavy atom. The first-order valence-electron chi connectivity index (χ1n) is 6.64. The minimum atomic E-state index is -0.234. The van der Waals surface area contributed by atoms with Gasteiger partial charge < -0.3 is 9.47 Å². The number of hydrogen-bond donors (Lipinski definition) is 0. The van der Waals surface area contributed by atoms with Crippen LogP contribution in [-0.2, 0) is 16.0 Å². The first kappa shape index (κ1) is 13.7. The van der Waals surface area contributed by atoms with Crippen molar-refractivity contribution in [3.05, 3.63) is 42.0 Å². The third kappa shape index (κ3) is 3.16. The molecule has 1 fully saturated rings. The summed E-state index contributed by atoms with van der Waals surface area (Å²) in [6.07, 6.45) is 2.87. The zero-order chi connectivity index (χ0) is 13.8. The number of benzene rings is 1. The van der Waals surface area contributed by atoms with Crippen LogP contribution in [-0.4, -0.2) is 19.2 Å². The molecule has 19 heavy (non-hydrogen) atoms. The largest absolute Gasteiger partial charge is 0.497 e. The molecule has 1 aromatic carbocycles. The zero-order valence-electron chi connectivity index (χ0n) is 11.5. The Morgan fingerprint density at radius 1 is 1.32 bits per heavy atom. The molecule has 1 aromatic rings. The number of aryl methyl sites for hydroxylation is 1. The van der Waals surface area contributed by atoms with E-state index in [4.69, 9.17) is 9.47 Å². The summed E-state index contributed by atoms with van der Waals surface area (Å²) >= 11 is 0. The maximum Gasteiger partial charge on any atom is 0.334 e. The Morgan fingerprint density at radius 2 is 2.00 bits per heavy atom. The average molecular weight is 260 g/mol. The predicted molar refractivity (Wildman–Crippen MR) is 74.1 cm³/mol. The Balaban J connectivity index is 1.80. The fourth-order valence-corrected chi connectivity index (χ4v) is 2.33. The minimum absolute atomic E-state index is 0.00162. The van der Waals surface area contributed by atoms with Crippen LogP contribution < -0.4 is 4.74 Å². The normalized spacial score (nSPS) is 22.4. The third-order valence-electron chi connectivity index (χ3n) is 3.74. The molecule has 1 aliphatic heterocycles. The van der Waals surface area contributed by atoms with Crippen LogP contribution in [0.4, 0.5) is 0 Å². The molecule has 2 unspecified atom stereocenters. The highest BCUT2D eigenvalue weighted by molar-refractivity contribution is 5.90. The smallest absolute Gasteiger partial charge is 0.334 e. The van der Waals surface area contributed by atoms with Crippen LogP contribution in [0.25, 0.3) is 0 Å². The second kappa shape index (κ2) is 5.91. The van der Waals surface area contributed by atoms with Crippen LogP contribution >= 0.6 is 0 Å². The van der Waals surface area contributed by atoms with Crippen molar-refractivity contribution >= 4 is 5.97 Å². The summed E-state index contributed by atoms with van der Waals surface area (Å²) in [6.45, 7) is 5.77. The maximum absolute atomic E-state index is 11.4. The van der Waals surface area contributed by atoms with Crippen molar-refractivity contribution in [1.82, 2.24) is 0 Å². The first-order valence-corrected chi connectivity index (χ1v) is 6.64. The van der Waals surface area contributed by atoms with Gasteiger partial charge >= 0.3 is 5.97 Å². The van der Waals surface area contributed by atoms with E-state index in [0.29, 0.717) is 5.57 Å². The first-order chi connectivity index (χ1) is 9.11. The van der Waals surface area contributed by atoms with E-state index >= 15 is 0 Å². The highest BCUT2D eigenvalue weighted by Crippen LogP contribution is 2.29. The van der Waals surface area contributed by atoms with E-state index in [0.717, 1.165) is 25.0 Å². The Labute approximate surface area is 114 Å². The second-order valence-electron chi connectivity index (χ2n) is 5.00. The Kier molecular flexibility index (Phi) is 4.25. The molecule has 0 radical (unpaired) electrons. The summed E-state index contributed by atoms with van der Waals surface area (Å²) in [5, 5.41) is 0. The van der Waals surface area contributed by atoms with E-state index in [1.807, 2.05) is 19.1 Å². The van der Waals surface area contributed by atoms with Gasteiger partial charge in [0.25, 0.3) is 0 Å². The highest BCUT2D eigenvalue weighted by atomic mass is 16.6. The van der Waals surface area contributed by atoms with Crippen LogP contribution in [0.2, 0.25) is 0 Å². The molecule has 1 aliphatic rings. The molecule has 3 nitrogen and oxygen atoms in total. The number of esters is 1. The molecule has 3 heteroatoms. The fraction of sp³-hybridized carbons (Fsp3) is 0.438. The van der Waals surface area contributed by atoms with E-state index in [2.05, 4.69) is 18.7 Å². The van der Waals surface area contributed by atoms with Crippen LogP contribution in [0.5, 0.6) is 5.75 Å². The molecule has 1 saturated heterocycles. The number of methoxy groups -OCH3 is 1. The lowest BCUT2D eigenvalue weighted by Crippen LogP contribution is -2.13. The molecule has 0 N–H and O–H groups in total. The number of hydrogen-bond acceptors (Lipinski definition) is 3. The zero-order valence-corrected chi connectivity index (χ0v) is 11.5. The molecular formula is C16H20O3. The lowest BCUT2D eigenvalue weighted by atomic mass is 9.95. The molecule has 0 spiro atoms. The molecule has 0 bridgehead atoms. The van der Waals surface area contributed by atoms with Crippen LogP contribution in [0.1, 0.15) is 25.3 Å². The molecule has 0 aromatic heterocycles. The van der Waals surface area contributed by atoms with Gasteiger partial charge in [-0.2, -0.15) is 0 Å². The van der Waals surface area contributed by atoms with E-state index in [-0.39, 0.29) is 18.0 Å². The lowest BCUT2D eigenvalue weighted by molar-refractivity contribution is -0.139. The topological polar surface area (TPSA) is 35.5 Å². The van der Waals surface area contributed by atoms with Gasteiger partial charge in [0.05, 0.1) is 7.11 Å². The highest BCUT2D eigenvalue weighted by Gasteiger charge is 2.34. The molecular weight excluding hydrogens is 240 g/mol. The molecule has 0 amide bonds. The monoisotopic (exact) mass is 260 g/mol. The van der Waals surface area contributed by atoms with Crippen molar-refractivity contribution in [2.24, 2.45) is 5.92 Å². The van der Waals surface area contributed by atoms with Crippen molar-refractivity contribution in [2.75, 3.05) is 7.11 Å². The van der Waals surface area contributed by atoms with Gasteiger partial charge in [0.15, 0.2) is 0 Å². The summed E-state index contributed by atoms with van der Waals surface area (Å²) in [5.41, 5.74) is 1.88. The predicted octanol–water partition coefficient (Wildman–Crippen LogP) is 3.14. The van der Waals surface area contributed by atoms with Crippen molar-refractivity contribution in [1.29, 1.82) is 0 Å². The van der Waals surface area contributed by atoms with Gasteiger partial charge in [0, 0.05) is 11.5 Å². The molecule has 102 valence electrons. The van der Waals surface area contributed by atoms with Crippen molar-refractivity contribution < 1.29 is 14.3 Å². The van der Waals surface area contributed by atoms with Gasteiger partial charge in [-0.15, -0.1) is 0 Å². The maximum atomic E-state index is 11.4. The molecule has 2 atom stereocenters. The summed E-state index contributed by atoms with van der Waals surface area (Å²) in [7, 11) is 1.66. The SMILES string of the molecule is C=C1C(=O)OC(CCCc2ccc(OC)cc2)C1C. The van der Waals surface area contributed by atoms with Gasteiger partial charge in [-0.25, -0.2) is 4.79 Å². The Bertz CT molecular complexity index is 461. The van der Waals surface area contributed by atoms with Gasteiger partial charge in [-0.1, -0.05) is 25.6 Å². The van der Waals surface area contributed by atoms with E-state index in [9.17, 15) is 4.79 Å². The van der Waals surface area contributed by atoms with E-state index in [1.54, 1.807) is 7.11 Å². The van der Waals surface area contributed by atoms with Gasteiger partial charge in [0.1, 0.15) is 11.9 Å². The standard InChI is InChI=1S/C16H20O3/c1-11-12(2)16(17)19-15(11)6-4-5-13-7-9-14(18-3)10-8-13/h7-11,15H,2,4-6H2,1,3H3. The quantitative estimate of drug-likeness (QED) is 0.602. The minimum Gasteiger partial charge on any atom is -0.497 e. The van der Waals surface area contributed by atoms with Gasteiger partial charge in [-0.3, -0.25) is 0 Å². The second-order valence-corrected chi connectivity index (χ2v) is 5.00. The number of cyclic esters (lactones) is 1. The summed E-state index contributed by atoms with van der Waals surface area (Å²) in [6, 6.07) is 8.08. The van der Waals surface area contributed by atoms with Crippen molar-refractivity contribution in [2.45, 2.75) is 32.3 Å². The number of rotatable bonds is 5. The van der Waals surface area contributed by atoms with Crippen LogP contribution in [0, 0.1) is 5.92 Å². The average Bonchev–Trinajstić information content (AvgIpc) is 2.67. The third-order valence-corrected chi connectivity index (χ3v) is 3.74. The summed E-state index contributed by atoms with van der Waals surface area (Å²) in [5.74, 6) is 0.781. The van der Waals surface area contributed by atoms with E-state index < -0.39 is 0 Å². The number of ether oxygens (including phenoxy) is 2. The molecule has 2 rings (SSSR count). The molecule has 0 aliphatic carbocycles. The van der Waals surface area contributed by atoms with Gasteiger partial charge in [0.2, 0.25) is 0 Å². The number of carbonyl (C=O) groups excluding carboxylic acids is 1. The summed E-state index contributed by atoms with van der Waals surface area (Å²) in [4.78, 5) is 11.4. The van der Waals surface area contributed by atoms with Gasteiger partial charge in [-0.05, 0) is 37.0 Å². The van der Waals surface area contributed by atoms with Crippen molar-refractivity contribution in [3.8, 4) is 5.75 Å². The van der Waals surface area contributed by atoms with Crippen LogP contribution in [0.3, 0.4) is 0 Å². The Hall–Kier alpha value is -1.77. The number of carbonyl (C=O) groups is 1. The van der Waals surface area contributed by atoms with E-state index in [1.165, 1.54) is 5.56 Å². The molecule has 0 saturated carbocycles. The lowest BCUT2D eigenvalue weighted by Gasteiger charge is -2.13. The fourth-order valence-electron chi connectivity index (χ4n) is 2.33. The van der Waals surface area contributed by atoms with Crippen molar-refractivity contribution in [3.63, 3.8) is 0 Å². The summed E-state index contributed by atoms with van der Waals surface area (Å²) < 4.78 is 10.4. The van der Waals surface area contributed by atoms with Crippen LogP contribution in [0.15, 0.2) is 36.4 Å².